The molecule has 0 amide bonds. The minimum atomic E-state index is -3.59. The second kappa shape index (κ2) is 5.97. The Hall–Kier alpha value is -2.18. The van der Waals surface area contributed by atoms with E-state index in [1.165, 1.54) is 0 Å². The van der Waals surface area contributed by atoms with E-state index >= 15 is 0 Å². The maximum atomic E-state index is 13.4. The van der Waals surface area contributed by atoms with E-state index in [-0.39, 0.29) is 12.6 Å². The Labute approximate surface area is 147 Å². The molecule has 2 aliphatic rings. The van der Waals surface area contributed by atoms with Crippen LogP contribution in [0.25, 0.3) is 0 Å². The maximum absolute atomic E-state index is 13.4. The smallest absolute Gasteiger partial charge is 0.194 e. The molecule has 2 heterocycles. The Bertz CT molecular complexity index is 897. The van der Waals surface area contributed by atoms with Crippen LogP contribution in [0.3, 0.4) is 0 Å². The van der Waals surface area contributed by atoms with Gasteiger partial charge in [0.1, 0.15) is 12.3 Å². The highest BCUT2D eigenvalue weighted by Gasteiger charge is 2.61. The molecule has 4 rings (SSSR count). The summed E-state index contributed by atoms with van der Waals surface area (Å²) in [6, 6.07) is 18.6. The molecule has 0 saturated carbocycles. The van der Waals surface area contributed by atoms with Crippen LogP contribution in [0.4, 0.5) is 0 Å². The predicted octanol–water partition coefficient (Wildman–Crippen LogP) is 2.49. The summed E-state index contributed by atoms with van der Waals surface area (Å²) in [5.74, 6) is 0. The van der Waals surface area contributed by atoms with Gasteiger partial charge in [0.2, 0.25) is 0 Å². The molecule has 1 saturated heterocycles. The highest BCUT2D eigenvalue weighted by atomic mass is 32.2. The van der Waals surface area contributed by atoms with E-state index in [0.717, 1.165) is 5.56 Å². The van der Waals surface area contributed by atoms with Crippen molar-refractivity contribution in [2.24, 2.45) is 5.16 Å². The largest absolute Gasteiger partial charge is 0.394 e. The summed E-state index contributed by atoms with van der Waals surface area (Å²) in [6.45, 7) is 3.15. The van der Waals surface area contributed by atoms with E-state index in [2.05, 4.69) is 22.2 Å². The lowest BCUT2D eigenvalue weighted by molar-refractivity contribution is 0.140. The zero-order valence-corrected chi connectivity index (χ0v) is 14.8. The third-order valence-electron chi connectivity index (χ3n) is 5.13. The van der Waals surface area contributed by atoms with Crippen LogP contribution in [0, 0.1) is 0 Å². The zero-order chi connectivity index (χ0) is 17.5. The fraction of sp³-hybridized carbons (Fsp3) is 0.316. The molecule has 0 aromatic heterocycles. The van der Waals surface area contributed by atoms with Gasteiger partial charge in [0, 0.05) is 13.1 Å². The van der Waals surface area contributed by atoms with Crippen molar-refractivity contribution < 1.29 is 13.3 Å². The predicted molar refractivity (Wildman–Crippen MR) is 96.1 cm³/mol. The Morgan fingerprint density at radius 2 is 1.76 bits per heavy atom. The number of likely N-dealkylation sites (tertiary alicyclic amines) is 1. The number of oxime groups is 1. The summed E-state index contributed by atoms with van der Waals surface area (Å²) in [7, 11) is -3.59. The van der Waals surface area contributed by atoms with Gasteiger partial charge in [-0.25, -0.2) is 8.42 Å². The quantitative estimate of drug-likeness (QED) is 0.844. The van der Waals surface area contributed by atoms with E-state index in [0.29, 0.717) is 23.7 Å². The second-order valence-electron chi connectivity index (χ2n) is 6.63. The molecule has 0 spiro atoms. The number of fused-ring (bicyclic) bond motifs is 1. The van der Waals surface area contributed by atoms with E-state index in [9.17, 15) is 8.42 Å². The highest BCUT2D eigenvalue weighted by Crippen LogP contribution is 2.40. The first-order chi connectivity index (χ1) is 12.0. The topological polar surface area (TPSA) is 59.0 Å². The van der Waals surface area contributed by atoms with Gasteiger partial charge in [-0.3, -0.25) is 4.90 Å². The minimum Gasteiger partial charge on any atom is -0.394 e. The van der Waals surface area contributed by atoms with Crippen LogP contribution in [-0.4, -0.2) is 43.0 Å². The van der Waals surface area contributed by atoms with E-state index in [1.54, 1.807) is 24.3 Å². The van der Waals surface area contributed by atoms with Gasteiger partial charge in [0.05, 0.1) is 10.9 Å². The van der Waals surface area contributed by atoms with Crippen molar-refractivity contribution in [1.82, 2.24) is 4.90 Å². The van der Waals surface area contributed by atoms with Crippen molar-refractivity contribution in [1.29, 1.82) is 0 Å². The van der Waals surface area contributed by atoms with Gasteiger partial charge in [-0.1, -0.05) is 53.7 Å². The lowest BCUT2D eigenvalue weighted by atomic mass is 10.0. The summed E-state index contributed by atoms with van der Waals surface area (Å²) in [5, 5.41) is 4.13. The van der Waals surface area contributed by atoms with E-state index in [1.807, 2.05) is 31.2 Å². The molecular formula is C19H20N2O3S. The third-order valence-corrected chi connectivity index (χ3v) is 7.50. The molecule has 0 radical (unpaired) electrons. The summed E-state index contributed by atoms with van der Waals surface area (Å²) >= 11 is 0. The standard InChI is InChI=1S/C19H20N2O3S/c1-15-18-19(14-24-20-18,25(22,23)17-10-6-3-7-11-17)13-21(15)12-16-8-4-2-5-9-16/h2-11,15H,12-14H2,1H3/t15-,19+/m1/s1. The molecule has 6 heteroatoms. The van der Waals surface area contributed by atoms with Crippen LogP contribution in [-0.2, 0) is 21.2 Å². The number of rotatable bonds is 4. The van der Waals surface area contributed by atoms with Gasteiger partial charge in [-0.2, -0.15) is 0 Å². The zero-order valence-electron chi connectivity index (χ0n) is 14.0. The molecular weight excluding hydrogens is 336 g/mol. The van der Waals surface area contributed by atoms with Gasteiger partial charge in [0.25, 0.3) is 0 Å². The molecule has 0 aliphatic carbocycles. The molecule has 0 bridgehead atoms. The normalized spacial score (nSPS) is 26.1. The first-order valence-electron chi connectivity index (χ1n) is 8.33. The van der Waals surface area contributed by atoms with Crippen LogP contribution < -0.4 is 0 Å². The lowest BCUT2D eigenvalue weighted by Gasteiger charge is -2.24. The highest BCUT2D eigenvalue weighted by molar-refractivity contribution is 7.93. The average molecular weight is 356 g/mol. The molecule has 5 nitrogen and oxygen atoms in total. The molecule has 130 valence electrons. The van der Waals surface area contributed by atoms with Crippen LogP contribution in [0.2, 0.25) is 0 Å². The molecule has 25 heavy (non-hydrogen) atoms. The number of sulfone groups is 1. The average Bonchev–Trinajstić information content (AvgIpc) is 3.17. The Kier molecular flexibility index (Phi) is 3.89. The summed E-state index contributed by atoms with van der Waals surface area (Å²) in [5.41, 5.74) is 1.77. The van der Waals surface area contributed by atoms with Crippen molar-refractivity contribution >= 4 is 15.5 Å². The third kappa shape index (κ3) is 2.48. The van der Waals surface area contributed by atoms with Gasteiger partial charge in [-0.05, 0) is 24.6 Å². The number of benzene rings is 2. The van der Waals surface area contributed by atoms with Gasteiger partial charge in [-0.15, -0.1) is 0 Å². The van der Waals surface area contributed by atoms with E-state index < -0.39 is 14.6 Å². The van der Waals surface area contributed by atoms with Crippen LogP contribution >= 0.6 is 0 Å². The number of hydrogen-bond donors (Lipinski definition) is 0. The summed E-state index contributed by atoms with van der Waals surface area (Å²) < 4.78 is 25.7. The molecule has 1 fully saturated rings. The van der Waals surface area contributed by atoms with Gasteiger partial charge in [0.15, 0.2) is 14.6 Å². The molecule has 2 aliphatic heterocycles. The molecule has 2 aromatic rings. The maximum Gasteiger partial charge on any atom is 0.194 e. The van der Waals surface area contributed by atoms with Crippen LogP contribution in [0.1, 0.15) is 12.5 Å². The molecule has 2 aromatic carbocycles. The Morgan fingerprint density at radius 3 is 2.44 bits per heavy atom. The van der Waals surface area contributed by atoms with Crippen molar-refractivity contribution in [3.63, 3.8) is 0 Å². The van der Waals surface area contributed by atoms with Gasteiger partial charge < -0.3 is 4.84 Å². The second-order valence-corrected chi connectivity index (χ2v) is 8.89. The van der Waals surface area contributed by atoms with Crippen molar-refractivity contribution in [3.8, 4) is 0 Å². The molecule has 0 N–H and O–H groups in total. The number of nitrogens with zero attached hydrogens (tertiary/aromatic N) is 2. The fourth-order valence-electron chi connectivity index (χ4n) is 3.72. The molecule has 0 unspecified atom stereocenters. The summed E-state index contributed by atoms with van der Waals surface area (Å²) in [4.78, 5) is 7.76. The van der Waals surface area contributed by atoms with E-state index in [4.69, 9.17) is 4.84 Å². The lowest BCUT2D eigenvalue weighted by Crippen LogP contribution is -2.48. The van der Waals surface area contributed by atoms with Crippen LogP contribution in [0.15, 0.2) is 70.7 Å². The Morgan fingerprint density at radius 1 is 1.12 bits per heavy atom. The summed E-state index contributed by atoms with van der Waals surface area (Å²) in [6.07, 6.45) is 0. The van der Waals surface area contributed by atoms with Crippen molar-refractivity contribution in [3.05, 3.63) is 66.2 Å². The van der Waals surface area contributed by atoms with Crippen LogP contribution in [0.5, 0.6) is 0 Å². The van der Waals surface area contributed by atoms with Crippen molar-refractivity contribution in [2.75, 3.05) is 13.2 Å². The van der Waals surface area contributed by atoms with Gasteiger partial charge >= 0.3 is 0 Å². The van der Waals surface area contributed by atoms with Crippen molar-refractivity contribution in [2.45, 2.75) is 29.2 Å². The first-order valence-corrected chi connectivity index (χ1v) is 9.81. The number of hydrogen-bond acceptors (Lipinski definition) is 5. The fourth-order valence-corrected chi connectivity index (χ4v) is 5.71. The monoisotopic (exact) mass is 356 g/mol. The SMILES string of the molecule is C[C@@H]1C2=NOC[C@@]2(S(=O)(=O)c2ccccc2)CN1Cc1ccccc1. The first kappa shape index (κ1) is 16.3. The Balaban J connectivity index is 1.71. The molecule has 2 atom stereocenters. The minimum absolute atomic E-state index is 0.0786.